The molecule has 1 aliphatic heterocycles. The molecule has 0 saturated carbocycles. The van der Waals surface area contributed by atoms with Crippen molar-refractivity contribution in [3.63, 3.8) is 0 Å². The van der Waals surface area contributed by atoms with E-state index >= 15 is 0 Å². The van der Waals surface area contributed by atoms with Crippen LogP contribution >= 0.6 is 0 Å². The zero-order valence-corrected chi connectivity index (χ0v) is 10.8. The van der Waals surface area contributed by atoms with E-state index < -0.39 is 0 Å². The topological polar surface area (TPSA) is 55.0 Å². The second-order valence-corrected chi connectivity index (χ2v) is 4.79. The van der Waals surface area contributed by atoms with Crippen LogP contribution in [0.3, 0.4) is 0 Å². The Hall–Kier alpha value is -1.16. The first-order valence-electron chi connectivity index (χ1n) is 6.51. The molecule has 0 radical (unpaired) electrons. The van der Waals surface area contributed by atoms with Gasteiger partial charge in [-0.15, -0.1) is 0 Å². The van der Waals surface area contributed by atoms with Gasteiger partial charge in [0.2, 0.25) is 0 Å². The second-order valence-electron chi connectivity index (χ2n) is 4.79. The van der Waals surface area contributed by atoms with E-state index in [0.717, 1.165) is 37.6 Å². The summed E-state index contributed by atoms with van der Waals surface area (Å²) in [4.78, 5) is 11.1. The summed E-state index contributed by atoms with van der Waals surface area (Å²) in [5.74, 6) is 1.81. The van der Waals surface area contributed by atoms with Crippen LogP contribution in [0.1, 0.15) is 31.0 Å². The Morgan fingerprint density at radius 3 is 2.65 bits per heavy atom. The van der Waals surface area contributed by atoms with Gasteiger partial charge in [0, 0.05) is 24.3 Å². The summed E-state index contributed by atoms with van der Waals surface area (Å²) in [7, 11) is 0. The lowest BCUT2D eigenvalue weighted by molar-refractivity contribution is 0.412. The molecule has 17 heavy (non-hydrogen) atoms. The van der Waals surface area contributed by atoms with Crippen LogP contribution in [0.2, 0.25) is 0 Å². The third kappa shape index (κ3) is 2.57. The summed E-state index contributed by atoms with van der Waals surface area (Å²) in [6, 6.07) is 0. The van der Waals surface area contributed by atoms with Gasteiger partial charge in [0.15, 0.2) is 0 Å². The van der Waals surface area contributed by atoms with Crippen molar-refractivity contribution in [3.8, 4) is 0 Å². The van der Waals surface area contributed by atoms with Crippen LogP contribution in [0.15, 0.2) is 6.33 Å². The molecular weight excluding hydrogens is 212 g/mol. The average Bonchev–Trinajstić information content (AvgIpc) is 2.39. The minimum atomic E-state index is 0.694. The first-order chi connectivity index (χ1) is 8.26. The highest BCUT2D eigenvalue weighted by Crippen LogP contribution is 2.24. The molecule has 0 bridgehead atoms. The Bertz CT molecular complexity index is 370. The number of hydrogen-bond acceptors (Lipinski definition) is 4. The van der Waals surface area contributed by atoms with Gasteiger partial charge < -0.3 is 10.6 Å². The average molecular weight is 234 g/mol. The quantitative estimate of drug-likeness (QED) is 0.861. The zero-order valence-electron chi connectivity index (χ0n) is 10.8. The molecule has 4 heteroatoms. The third-order valence-electron chi connectivity index (χ3n) is 3.74. The van der Waals surface area contributed by atoms with Gasteiger partial charge in [-0.1, -0.05) is 6.92 Å². The molecule has 1 aliphatic rings. The number of hydrogen-bond donors (Lipinski definition) is 1. The number of rotatable bonds is 3. The molecule has 2 rings (SSSR count). The number of aromatic nitrogens is 2. The predicted octanol–water partition coefficient (Wildman–Crippen LogP) is 1.52. The van der Waals surface area contributed by atoms with Gasteiger partial charge in [0.1, 0.15) is 12.1 Å². The maximum atomic E-state index is 5.72. The number of piperidine rings is 1. The standard InChI is InChI=1S/C13H22N4/c1-3-12-10(2)13(16-9-15-12)17-6-4-11(8-14)5-7-17/h9,11H,3-8,14H2,1-2H3. The van der Waals surface area contributed by atoms with E-state index in [1.807, 2.05) is 0 Å². The molecule has 4 nitrogen and oxygen atoms in total. The van der Waals surface area contributed by atoms with Crippen molar-refractivity contribution >= 4 is 5.82 Å². The summed E-state index contributed by atoms with van der Waals surface area (Å²) in [5.41, 5.74) is 8.12. The summed E-state index contributed by atoms with van der Waals surface area (Å²) < 4.78 is 0. The molecule has 94 valence electrons. The largest absolute Gasteiger partial charge is 0.356 e. The second kappa shape index (κ2) is 5.45. The molecule has 1 aromatic heterocycles. The lowest BCUT2D eigenvalue weighted by Gasteiger charge is -2.33. The van der Waals surface area contributed by atoms with Crippen LogP contribution in [0.4, 0.5) is 5.82 Å². The van der Waals surface area contributed by atoms with Crippen LogP contribution in [-0.2, 0) is 6.42 Å². The molecule has 0 unspecified atom stereocenters. The van der Waals surface area contributed by atoms with E-state index in [-0.39, 0.29) is 0 Å². The summed E-state index contributed by atoms with van der Waals surface area (Å²) in [6.45, 7) is 7.23. The van der Waals surface area contributed by atoms with Gasteiger partial charge in [-0.05, 0) is 38.6 Å². The SMILES string of the molecule is CCc1ncnc(N2CCC(CN)CC2)c1C. The predicted molar refractivity (Wildman–Crippen MR) is 70.1 cm³/mol. The lowest BCUT2D eigenvalue weighted by atomic mass is 9.97. The van der Waals surface area contributed by atoms with Crippen molar-refractivity contribution in [3.05, 3.63) is 17.6 Å². The minimum Gasteiger partial charge on any atom is -0.356 e. The summed E-state index contributed by atoms with van der Waals surface area (Å²) in [6.07, 6.45) is 5.03. The van der Waals surface area contributed by atoms with E-state index in [2.05, 4.69) is 28.7 Å². The highest BCUT2D eigenvalue weighted by atomic mass is 15.2. The van der Waals surface area contributed by atoms with Crippen LogP contribution in [-0.4, -0.2) is 29.6 Å². The van der Waals surface area contributed by atoms with Gasteiger partial charge in [0.25, 0.3) is 0 Å². The Balaban J connectivity index is 2.13. The molecule has 1 aromatic rings. The van der Waals surface area contributed by atoms with E-state index in [0.29, 0.717) is 5.92 Å². The molecule has 0 aromatic carbocycles. The first-order valence-corrected chi connectivity index (χ1v) is 6.51. The van der Waals surface area contributed by atoms with Gasteiger partial charge >= 0.3 is 0 Å². The van der Waals surface area contributed by atoms with Gasteiger partial charge in [-0.25, -0.2) is 9.97 Å². The normalized spacial score (nSPS) is 17.5. The molecule has 0 amide bonds. The van der Waals surface area contributed by atoms with Crippen molar-refractivity contribution in [2.45, 2.75) is 33.1 Å². The van der Waals surface area contributed by atoms with Crippen LogP contribution in [0.5, 0.6) is 0 Å². The maximum Gasteiger partial charge on any atom is 0.135 e. The Kier molecular flexibility index (Phi) is 3.94. The molecular formula is C13H22N4. The van der Waals surface area contributed by atoms with E-state index in [1.54, 1.807) is 6.33 Å². The first kappa shape index (κ1) is 12.3. The smallest absolute Gasteiger partial charge is 0.135 e. The van der Waals surface area contributed by atoms with Crippen LogP contribution < -0.4 is 10.6 Å². The highest BCUT2D eigenvalue weighted by Gasteiger charge is 2.20. The lowest BCUT2D eigenvalue weighted by Crippen LogP contribution is -2.37. The van der Waals surface area contributed by atoms with Crippen molar-refractivity contribution in [2.24, 2.45) is 11.7 Å². The van der Waals surface area contributed by atoms with E-state index in [9.17, 15) is 0 Å². The highest BCUT2D eigenvalue weighted by molar-refractivity contribution is 5.48. The van der Waals surface area contributed by atoms with Crippen molar-refractivity contribution in [1.29, 1.82) is 0 Å². The Morgan fingerprint density at radius 2 is 2.06 bits per heavy atom. The molecule has 2 heterocycles. The Morgan fingerprint density at radius 1 is 1.35 bits per heavy atom. The van der Waals surface area contributed by atoms with Crippen molar-refractivity contribution < 1.29 is 0 Å². The number of nitrogens with zero attached hydrogens (tertiary/aromatic N) is 3. The van der Waals surface area contributed by atoms with E-state index in [4.69, 9.17) is 5.73 Å². The molecule has 0 spiro atoms. The monoisotopic (exact) mass is 234 g/mol. The number of nitrogens with two attached hydrogens (primary N) is 1. The molecule has 0 atom stereocenters. The zero-order chi connectivity index (χ0) is 12.3. The summed E-state index contributed by atoms with van der Waals surface area (Å²) >= 11 is 0. The van der Waals surface area contributed by atoms with Crippen molar-refractivity contribution in [1.82, 2.24) is 9.97 Å². The van der Waals surface area contributed by atoms with Gasteiger partial charge in [-0.3, -0.25) is 0 Å². The Labute approximate surface area is 103 Å². The maximum absolute atomic E-state index is 5.72. The molecule has 1 saturated heterocycles. The fourth-order valence-corrected chi connectivity index (χ4v) is 2.53. The summed E-state index contributed by atoms with van der Waals surface area (Å²) in [5, 5.41) is 0. The molecule has 1 fully saturated rings. The van der Waals surface area contributed by atoms with Crippen molar-refractivity contribution in [2.75, 3.05) is 24.5 Å². The third-order valence-corrected chi connectivity index (χ3v) is 3.74. The number of anilines is 1. The fraction of sp³-hybridized carbons (Fsp3) is 0.692. The van der Waals surface area contributed by atoms with E-state index in [1.165, 1.54) is 18.4 Å². The molecule has 0 aliphatic carbocycles. The van der Waals surface area contributed by atoms with Gasteiger partial charge in [-0.2, -0.15) is 0 Å². The van der Waals surface area contributed by atoms with Crippen LogP contribution in [0.25, 0.3) is 0 Å². The number of aryl methyl sites for hydroxylation is 1. The minimum absolute atomic E-state index is 0.694. The van der Waals surface area contributed by atoms with Crippen LogP contribution in [0, 0.1) is 12.8 Å². The fourth-order valence-electron chi connectivity index (χ4n) is 2.53. The van der Waals surface area contributed by atoms with Gasteiger partial charge in [0.05, 0.1) is 0 Å². The molecule has 2 N–H and O–H groups in total.